The van der Waals surface area contributed by atoms with Gasteiger partial charge in [-0.25, -0.2) is 4.99 Å². The van der Waals surface area contributed by atoms with Gasteiger partial charge in [0.15, 0.2) is 5.96 Å². The zero-order valence-electron chi connectivity index (χ0n) is 24.7. The summed E-state index contributed by atoms with van der Waals surface area (Å²) in [7, 11) is 2.02. The molecule has 0 saturated carbocycles. The van der Waals surface area contributed by atoms with E-state index in [9.17, 15) is 22.8 Å². The maximum Gasteiger partial charge on any atom is 0.416 e. The zero-order valence-corrected chi connectivity index (χ0v) is 24.7. The van der Waals surface area contributed by atoms with E-state index in [4.69, 9.17) is 22.9 Å². The lowest BCUT2D eigenvalue weighted by molar-refractivity contribution is -0.907. The maximum atomic E-state index is 13.4. The zero-order chi connectivity index (χ0) is 32.3. The van der Waals surface area contributed by atoms with Gasteiger partial charge in [-0.3, -0.25) is 14.6 Å². The van der Waals surface area contributed by atoms with Crippen LogP contribution in [0.25, 0.3) is 10.9 Å². The smallest absolute Gasteiger partial charge is 0.370 e. The van der Waals surface area contributed by atoms with E-state index < -0.39 is 35.6 Å². The number of amides is 2. The highest BCUT2D eigenvalue weighted by atomic mass is 19.4. The number of nitrogens with two attached hydrogens (primary N) is 4. The van der Waals surface area contributed by atoms with Gasteiger partial charge >= 0.3 is 6.18 Å². The van der Waals surface area contributed by atoms with E-state index in [1.54, 1.807) is 6.07 Å². The number of rotatable bonds is 15. The Labute approximate surface area is 254 Å². The molecule has 2 amide bonds. The molecule has 0 aliphatic carbocycles. The number of likely N-dealkylation sites (N-methyl/N-ethyl adjacent to an activating group) is 1. The summed E-state index contributed by atoms with van der Waals surface area (Å²) >= 11 is 0. The Kier molecular flexibility index (Phi) is 12.0. The topological polar surface area (TPSA) is 188 Å². The van der Waals surface area contributed by atoms with Crippen LogP contribution >= 0.6 is 0 Å². The van der Waals surface area contributed by atoms with Crippen LogP contribution in [0.3, 0.4) is 0 Å². The number of benzene rings is 2. The third-order valence-corrected chi connectivity index (χ3v) is 7.37. The summed E-state index contributed by atoms with van der Waals surface area (Å²) in [5.41, 5.74) is 23.6. The molecule has 10 N–H and O–H groups in total. The Bertz CT molecular complexity index is 1430. The SMILES string of the molecule is C[N+](CCN)(CCC[C@H](N)C(=O)N[C@@H](Cc1ccc(C(F)(F)F)cc1)C(=O)Nc1cnc2ccccc2c1)CCN=C(N)N. The van der Waals surface area contributed by atoms with Crippen LogP contribution in [-0.4, -0.2) is 79.1 Å². The van der Waals surface area contributed by atoms with Gasteiger partial charge in [-0.15, -0.1) is 0 Å². The number of fused-ring (bicyclic) bond motifs is 1. The monoisotopic (exact) mass is 616 g/mol. The van der Waals surface area contributed by atoms with Crippen LogP contribution in [0, 0.1) is 0 Å². The number of aliphatic imine (C=N–C) groups is 1. The van der Waals surface area contributed by atoms with E-state index in [1.807, 2.05) is 31.3 Å². The van der Waals surface area contributed by atoms with Crippen LogP contribution in [0.5, 0.6) is 0 Å². The van der Waals surface area contributed by atoms with Gasteiger partial charge in [-0.2, -0.15) is 13.2 Å². The molecule has 238 valence electrons. The minimum absolute atomic E-state index is 0.00903. The second-order valence-corrected chi connectivity index (χ2v) is 11.0. The molecular formula is C30H41F3N9O2+. The fraction of sp³-hybridized carbons (Fsp3) is 0.400. The first-order valence-corrected chi connectivity index (χ1v) is 14.3. The molecule has 14 heteroatoms. The Morgan fingerprint density at radius 1 is 1.02 bits per heavy atom. The molecule has 3 rings (SSSR count). The Balaban J connectivity index is 1.70. The van der Waals surface area contributed by atoms with E-state index in [0.717, 1.165) is 23.0 Å². The molecule has 0 bridgehead atoms. The van der Waals surface area contributed by atoms with Gasteiger partial charge in [-0.1, -0.05) is 30.3 Å². The lowest BCUT2D eigenvalue weighted by Crippen LogP contribution is -2.52. The molecule has 1 unspecified atom stereocenters. The van der Waals surface area contributed by atoms with Crippen molar-refractivity contribution in [3.63, 3.8) is 0 Å². The van der Waals surface area contributed by atoms with Gasteiger partial charge < -0.3 is 38.1 Å². The number of carbonyl (C=O) groups is 2. The van der Waals surface area contributed by atoms with Crippen LogP contribution in [-0.2, 0) is 22.2 Å². The van der Waals surface area contributed by atoms with Gasteiger partial charge in [0, 0.05) is 18.4 Å². The third-order valence-electron chi connectivity index (χ3n) is 7.37. The number of pyridine rings is 1. The first kappa shape index (κ1) is 34.2. The summed E-state index contributed by atoms with van der Waals surface area (Å²) in [5.74, 6) is -1.11. The second kappa shape index (κ2) is 15.5. The summed E-state index contributed by atoms with van der Waals surface area (Å²) in [6.07, 6.45) is -2.14. The first-order valence-electron chi connectivity index (χ1n) is 14.3. The number of hydrogen-bond acceptors (Lipinski definition) is 6. The predicted octanol–water partition coefficient (Wildman–Crippen LogP) is 1.71. The number of anilines is 1. The lowest BCUT2D eigenvalue weighted by atomic mass is 10.0. The first-order chi connectivity index (χ1) is 20.8. The fourth-order valence-electron chi connectivity index (χ4n) is 4.81. The van der Waals surface area contributed by atoms with Crippen molar-refractivity contribution in [2.24, 2.45) is 27.9 Å². The molecule has 1 aromatic heterocycles. The molecular weight excluding hydrogens is 575 g/mol. The van der Waals surface area contributed by atoms with E-state index >= 15 is 0 Å². The van der Waals surface area contributed by atoms with Crippen molar-refractivity contribution in [2.45, 2.75) is 37.5 Å². The Morgan fingerprint density at radius 3 is 2.39 bits per heavy atom. The molecule has 44 heavy (non-hydrogen) atoms. The Morgan fingerprint density at radius 2 is 1.73 bits per heavy atom. The van der Waals surface area contributed by atoms with Gasteiger partial charge in [0.25, 0.3) is 0 Å². The summed E-state index contributed by atoms with van der Waals surface area (Å²) in [4.78, 5) is 34.9. The van der Waals surface area contributed by atoms with E-state index in [1.165, 1.54) is 18.3 Å². The summed E-state index contributed by atoms with van der Waals surface area (Å²) in [6.45, 7) is 2.88. The van der Waals surface area contributed by atoms with Crippen molar-refractivity contribution < 1.29 is 27.2 Å². The molecule has 0 aliphatic heterocycles. The lowest BCUT2D eigenvalue weighted by Gasteiger charge is -2.34. The third kappa shape index (κ3) is 10.5. The number of carbonyl (C=O) groups excluding carboxylic acids is 2. The molecule has 2 aromatic carbocycles. The molecule has 11 nitrogen and oxygen atoms in total. The highest BCUT2D eigenvalue weighted by molar-refractivity contribution is 5.99. The number of para-hydroxylation sites is 1. The molecule has 0 radical (unpaired) electrons. The molecule has 0 fully saturated rings. The van der Waals surface area contributed by atoms with E-state index in [-0.39, 0.29) is 12.4 Å². The average molecular weight is 617 g/mol. The average Bonchev–Trinajstić information content (AvgIpc) is 2.96. The minimum Gasteiger partial charge on any atom is -0.370 e. The largest absolute Gasteiger partial charge is 0.416 e. The van der Waals surface area contributed by atoms with Crippen LogP contribution in [0.1, 0.15) is 24.0 Å². The van der Waals surface area contributed by atoms with Gasteiger partial charge in [0.05, 0.1) is 62.2 Å². The van der Waals surface area contributed by atoms with Crippen molar-refractivity contribution in [1.82, 2.24) is 10.3 Å². The number of halogens is 3. The van der Waals surface area contributed by atoms with Crippen molar-refractivity contribution in [2.75, 3.05) is 45.1 Å². The number of guanidine groups is 1. The Hall–Kier alpha value is -4.27. The number of aromatic nitrogens is 1. The highest BCUT2D eigenvalue weighted by Gasteiger charge is 2.31. The van der Waals surface area contributed by atoms with Crippen LogP contribution in [0.15, 0.2) is 65.8 Å². The van der Waals surface area contributed by atoms with Gasteiger partial charge in [0.2, 0.25) is 11.8 Å². The van der Waals surface area contributed by atoms with E-state index in [0.29, 0.717) is 61.3 Å². The normalized spacial score (nSPS) is 14.3. The molecule has 0 spiro atoms. The van der Waals surface area contributed by atoms with E-state index in [2.05, 4.69) is 20.6 Å². The number of quaternary nitrogens is 1. The predicted molar refractivity (Wildman–Crippen MR) is 165 cm³/mol. The molecule has 0 aliphatic rings. The van der Waals surface area contributed by atoms with Crippen LogP contribution < -0.4 is 33.6 Å². The summed E-state index contributed by atoms with van der Waals surface area (Å²) in [5, 5.41) is 6.26. The molecule has 3 aromatic rings. The van der Waals surface area contributed by atoms with Crippen molar-refractivity contribution in [1.29, 1.82) is 0 Å². The maximum absolute atomic E-state index is 13.4. The van der Waals surface area contributed by atoms with Crippen molar-refractivity contribution in [3.8, 4) is 0 Å². The minimum atomic E-state index is -4.50. The number of nitrogens with zero attached hydrogens (tertiary/aromatic N) is 3. The molecule has 0 saturated heterocycles. The van der Waals surface area contributed by atoms with Gasteiger partial charge in [-0.05, 0) is 42.7 Å². The number of alkyl halides is 3. The van der Waals surface area contributed by atoms with Crippen molar-refractivity contribution >= 4 is 34.4 Å². The number of nitrogens with one attached hydrogen (secondary N) is 2. The van der Waals surface area contributed by atoms with Gasteiger partial charge in [0.1, 0.15) is 6.04 Å². The summed E-state index contributed by atoms with van der Waals surface area (Å²) in [6, 6.07) is 11.5. The standard InChI is InChI=1S/C30H40F3N9O2/c1-42(15-12-34,16-13-38-29(36)37)14-4-6-24(35)27(43)41-26(17-20-8-10-22(11-9-20)30(31,32)33)28(44)40-23-18-21-5-2-3-7-25(21)39-19-23/h2-3,5,7-11,18-19,24,26H,4,6,12-17,34-35H2,1H3,(H5-,36,37,38,40,41,43,44)/p+1/t24-,26-,42?/m0/s1. The molecule has 1 heterocycles. The second-order valence-electron chi connectivity index (χ2n) is 11.0. The van der Waals surface area contributed by atoms with Crippen LogP contribution in [0.4, 0.5) is 18.9 Å². The fourth-order valence-corrected chi connectivity index (χ4v) is 4.81. The summed E-state index contributed by atoms with van der Waals surface area (Å²) < 4.78 is 39.8. The van der Waals surface area contributed by atoms with Crippen molar-refractivity contribution in [3.05, 3.63) is 71.9 Å². The number of hydrogen-bond donors (Lipinski definition) is 6. The highest BCUT2D eigenvalue weighted by Crippen LogP contribution is 2.29. The van der Waals surface area contributed by atoms with Crippen LogP contribution in [0.2, 0.25) is 0 Å². The molecule has 3 atom stereocenters. The quantitative estimate of drug-likeness (QED) is 0.0852.